The lowest BCUT2D eigenvalue weighted by molar-refractivity contribution is -0.122. The minimum atomic E-state index is 0.160. The van der Waals surface area contributed by atoms with Crippen molar-refractivity contribution in [3.05, 3.63) is 35.4 Å². The van der Waals surface area contributed by atoms with Gasteiger partial charge in [0.05, 0.1) is 0 Å². The molecule has 1 aliphatic rings. The normalized spacial score (nSPS) is 16.3. The van der Waals surface area contributed by atoms with Gasteiger partial charge in [-0.3, -0.25) is 4.79 Å². The lowest BCUT2D eigenvalue weighted by Gasteiger charge is -2.13. The molecule has 1 unspecified atom stereocenters. The Kier molecular flexibility index (Phi) is 4.37. The summed E-state index contributed by atoms with van der Waals surface area (Å²) in [6, 6.07) is 8.71. The molecule has 18 heavy (non-hydrogen) atoms. The lowest BCUT2D eigenvalue weighted by atomic mass is 10.1. The molecular weight excluding hydrogens is 224 g/mol. The number of amides is 1. The van der Waals surface area contributed by atoms with E-state index in [4.69, 9.17) is 5.73 Å². The molecule has 1 aromatic carbocycles. The molecule has 0 radical (unpaired) electrons. The number of nitrogens with one attached hydrogen (secondary N) is 1. The van der Waals surface area contributed by atoms with Gasteiger partial charge in [0.15, 0.2) is 0 Å². The number of rotatable bonds is 5. The molecule has 3 nitrogen and oxygen atoms in total. The second-order valence-electron chi connectivity index (χ2n) is 5.32. The molecule has 3 heteroatoms. The van der Waals surface area contributed by atoms with Crippen LogP contribution in [0.1, 0.15) is 30.9 Å². The number of fused-ring (bicyclic) bond motifs is 1. The largest absolute Gasteiger partial charge is 0.353 e. The van der Waals surface area contributed by atoms with Gasteiger partial charge in [-0.05, 0) is 42.9 Å². The number of carbonyl (C=O) groups excluding carboxylic acids is 1. The van der Waals surface area contributed by atoms with E-state index in [9.17, 15) is 4.79 Å². The molecule has 98 valence electrons. The first-order valence-electron chi connectivity index (χ1n) is 6.75. The molecule has 0 bridgehead atoms. The van der Waals surface area contributed by atoms with Crippen LogP contribution in [0, 0.1) is 5.92 Å². The number of hydrogen-bond donors (Lipinski definition) is 2. The molecule has 3 N–H and O–H groups in total. The molecule has 1 amide bonds. The van der Waals surface area contributed by atoms with Gasteiger partial charge in [-0.15, -0.1) is 0 Å². The van der Waals surface area contributed by atoms with Crippen LogP contribution < -0.4 is 11.1 Å². The van der Waals surface area contributed by atoms with Crippen LogP contribution in [0.25, 0.3) is 0 Å². The molecule has 0 spiro atoms. The summed E-state index contributed by atoms with van der Waals surface area (Å²) in [5.74, 6) is 0.588. The Balaban J connectivity index is 1.77. The van der Waals surface area contributed by atoms with Gasteiger partial charge in [0.25, 0.3) is 0 Å². The highest BCUT2D eigenvalue weighted by Gasteiger charge is 2.22. The molecule has 1 aromatic rings. The van der Waals surface area contributed by atoms with Crippen molar-refractivity contribution in [3.63, 3.8) is 0 Å². The smallest absolute Gasteiger partial charge is 0.220 e. The third-order valence-electron chi connectivity index (χ3n) is 3.68. The van der Waals surface area contributed by atoms with E-state index >= 15 is 0 Å². The Bertz CT molecular complexity index is 392. The highest BCUT2D eigenvalue weighted by atomic mass is 16.1. The maximum atomic E-state index is 11.8. The highest BCUT2D eigenvalue weighted by Crippen LogP contribution is 2.21. The van der Waals surface area contributed by atoms with Crippen molar-refractivity contribution in [1.82, 2.24) is 5.32 Å². The number of hydrogen-bond acceptors (Lipinski definition) is 2. The van der Waals surface area contributed by atoms with E-state index < -0.39 is 0 Å². The lowest BCUT2D eigenvalue weighted by Crippen LogP contribution is -2.35. The van der Waals surface area contributed by atoms with E-state index in [0.717, 1.165) is 19.3 Å². The second kappa shape index (κ2) is 6.01. The molecule has 2 rings (SSSR count). The van der Waals surface area contributed by atoms with Crippen LogP contribution in [0.2, 0.25) is 0 Å². The van der Waals surface area contributed by atoms with Gasteiger partial charge in [-0.2, -0.15) is 0 Å². The Labute approximate surface area is 109 Å². The second-order valence-corrected chi connectivity index (χ2v) is 5.32. The summed E-state index contributed by atoms with van der Waals surface area (Å²) in [5.41, 5.74) is 8.29. The van der Waals surface area contributed by atoms with Gasteiger partial charge in [-0.1, -0.05) is 31.2 Å². The number of nitrogens with two attached hydrogens (primary N) is 1. The van der Waals surface area contributed by atoms with Crippen LogP contribution in [0.15, 0.2) is 24.3 Å². The van der Waals surface area contributed by atoms with E-state index in [1.165, 1.54) is 11.1 Å². The zero-order valence-corrected chi connectivity index (χ0v) is 11.0. The standard InChI is InChI=1S/C15H22N2O/c1-11(10-16)6-7-15(18)17-14-8-12-4-2-3-5-13(12)9-14/h2-5,11,14H,6-10,16H2,1H3,(H,17,18). The quantitative estimate of drug-likeness (QED) is 0.830. The Morgan fingerprint density at radius 1 is 1.39 bits per heavy atom. The number of carbonyl (C=O) groups is 1. The molecular formula is C15H22N2O. The third kappa shape index (κ3) is 3.33. The van der Waals surface area contributed by atoms with Crippen molar-refractivity contribution < 1.29 is 4.79 Å². The molecule has 1 atom stereocenters. The van der Waals surface area contributed by atoms with Crippen molar-refractivity contribution in [1.29, 1.82) is 0 Å². The third-order valence-corrected chi connectivity index (χ3v) is 3.68. The summed E-state index contributed by atoms with van der Waals surface area (Å²) in [6.45, 7) is 2.74. The van der Waals surface area contributed by atoms with Gasteiger partial charge >= 0.3 is 0 Å². The Hall–Kier alpha value is -1.35. The van der Waals surface area contributed by atoms with Crippen molar-refractivity contribution in [2.24, 2.45) is 11.7 Å². The first-order valence-corrected chi connectivity index (χ1v) is 6.75. The summed E-state index contributed by atoms with van der Waals surface area (Å²) < 4.78 is 0. The molecule has 0 aromatic heterocycles. The fourth-order valence-electron chi connectivity index (χ4n) is 2.46. The Morgan fingerprint density at radius 2 is 2.00 bits per heavy atom. The monoisotopic (exact) mass is 246 g/mol. The van der Waals surface area contributed by atoms with Gasteiger partial charge < -0.3 is 11.1 Å². The van der Waals surface area contributed by atoms with E-state index in [0.29, 0.717) is 18.9 Å². The van der Waals surface area contributed by atoms with E-state index in [-0.39, 0.29) is 11.9 Å². The van der Waals surface area contributed by atoms with Gasteiger partial charge in [0, 0.05) is 12.5 Å². The fourth-order valence-corrected chi connectivity index (χ4v) is 2.46. The van der Waals surface area contributed by atoms with Crippen molar-refractivity contribution in [2.75, 3.05) is 6.54 Å². The van der Waals surface area contributed by atoms with Crippen molar-refractivity contribution in [3.8, 4) is 0 Å². The maximum Gasteiger partial charge on any atom is 0.220 e. The van der Waals surface area contributed by atoms with Crippen molar-refractivity contribution >= 4 is 5.91 Å². The average Bonchev–Trinajstić information content (AvgIpc) is 2.77. The minimum Gasteiger partial charge on any atom is -0.353 e. The first kappa shape index (κ1) is 13.1. The Morgan fingerprint density at radius 3 is 2.56 bits per heavy atom. The van der Waals surface area contributed by atoms with Crippen LogP contribution in [0.4, 0.5) is 0 Å². The van der Waals surface area contributed by atoms with Crippen LogP contribution in [-0.4, -0.2) is 18.5 Å². The van der Waals surface area contributed by atoms with Gasteiger partial charge in [0.2, 0.25) is 5.91 Å². The van der Waals surface area contributed by atoms with Crippen LogP contribution in [0.5, 0.6) is 0 Å². The molecule has 0 fully saturated rings. The highest BCUT2D eigenvalue weighted by molar-refractivity contribution is 5.76. The summed E-state index contributed by atoms with van der Waals surface area (Å²) in [4.78, 5) is 11.8. The van der Waals surface area contributed by atoms with Crippen LogP contribution in [-0.2, 0) is 17.6 Å². The average molecular weight is 246 g/mol. The predicted octanol–water partition coefficient (Wildman–Crippen LogP) is 1.65. The summed E-state index contributed by atoms with van der Waals surface area (Å²) in [5, 5.41) is 3.13. The fraction of sp³-hybridized carbons (Fsp3) is 0.533. The molecule has 0 saturated heterocycles. The predicted molar refractivity (Wildman–Crippen MR) is 73.2 cm³/mol. The topological polar surface area (TPSA) is 55.1 Å². The van der Waals surface area contributed by atoms with Gasteiger partial charge in [0.1, 0.15) is 0 Å². The van der Waals surface area contributed by atoms with Gasteiger partial charge in [-0.25, -0.2) is 0 Å². The molecule has 0 heterocycles. The summed E-state index contributed by atoms with van der Waals surface area (Å²) in [6.07, 6.45) is 3.40. The summed E-state index contributed by atoms with van der Waals surface area (Å²) in [7, 11) is 0. The minimum absolute atomic E-state index is 0.160. The first-order chi connectivity index (χ1) is 8.69. The summed E-state index contributed by atoms with van der Waals surface area (Å²) >= 11 is 0. The zero-order chi connectivity index (χ0) is 13.0. The molecule has 0 saturated carbocycles. The van der Waals surface area contributed by atoms with E-state index in [1.54, 1.807) is 0 Å². The number of benzene rings is 1. The van der Waals surface area contributed by atoms with E-state index in [2.05, 4.69) is 36.5 Å². The SMILES string of the molecule is CC(CN)CCC(=O)NC1Cc2ccccc2C1. The van der Waals surface area contributed by atoms with Crippen molar-refractivity contribution in [2.45, 2.75) is 38.6 Å². The van der Waals surface area contributed by atoms with Crippen LogP contribution in [0.3, 0.4) is 0 Å². The molecule has 1 aliphatic carbocycles. The van der Waals surface area contributed by atoms with Crippen LogP contribution >= 0.6 is 0 Å². The molecule has 0 aliphatic heterocycles. The zero-order valence-electron chi connectivity index (χ0n) is 11.0. The maximum absolute atomic E-state index is 11.8. The van der Waals surface area contributed by atoms with E-state index in [1.807, 2.05) is 0 Å².